The Balaban J connectivity index is 0.00000200. The van der Waals surface area contributed by atoms with E-state index in [-0.39, 0.29) is 12.4 Å². The quantitative estimate of drug-likeness (QED) is 0.848. The highest BCUT2D eigenvalue weighted by Gasteiger charge is 2.14. The zero-order valence-corrected chi connectivity index (χ0v) is 13.0. The number of aryl methyl sites for hydroxylation is 1. The van der Waals surface area contributed by atoms with E-state index < -0.39 is 6.10 Å². The summed E-state index contributed by atoms with van der Waals surface area (Å²) in [7, 11) is 0. The molecule has 0 aromatic heterocycles. The molecule has 1 saturated carbocycles. The topological polar surface area (TPSA) is 41.5 Å². The lowest BCUT2D eigenvalue weighted by atomic mass is 9.95. The van der Waals surface area contributed by atoms with Gasteiger partial charge in [0.15, 0.2) is 0 Å². The molecule has 0 amide bonds. The van der Waals surface area contributed by atoms with E-state index in [4.69, 9.17) is 4.74 Å². The lowest BCUT2D eigenvalue weighted by Crippen LogP contribution is -2.38. The van der Waals surface area contributed by atoms with E-state index in [0.717, 1.165) is 5.75 Å². The lowest BCUT2D eigenvalue weighted by Gasteiger charge is -2.24. The Kier molecular flexibility index (Phi) is 7.97. The summed E-state index contributed by atoms with van der Waals surface area (Å²) >= 11 is 0. The van der Waals surface area contributed by atoms with Crippen LogP contribution < -0.4 is 10.1 Å². The van der Waals surface area contributed by atoms with Gasteiger partial charge in [0.2, 0.25) is 0 Å². The zero-order chi connectivity index (χ0) is 13.5. The van der Waals surface area contributed by atoms with Crippen LogP contribution in [0.25, 0.3) is 0 Å². The summed E-state index contributed by atoms with van der Waals surface area (Å²) in [6.07, 6.45) is 6.03. The fourth-order valence-corrected chi connectivity index (χ4v) is 2.50. The van der Waals surface area contributed by atoms with Crippen LogP contribution in [-0.2, 0) is 0 Å². The van der Waals surface area contributed by atoms with Gasteiger partial charge >= 0.3 is 0 Å². The molecule has 0 bridgehead atoms. The van der Waals surface area contributed by atoms with Crippen LogP contribution in [-0.4, -0.2) is 30.4 Å². The molecule has 1 fully saturated rings. The molecule has 1 aliphatic carbocycles. The minimum atomic E-state index is -0.441. The standard InChI is InChI=1S/C16H25NO2.ClH/c1-13-7-9-16(10-8-13)19-12-15(18)11-17-14-5-3-2-4-6-14;/h7-10,14-15,17-18H,2-6,11-12H2,1H3;1H. The van der Waals surface area contributed by atoms with Crippen LogP contribution in [0.15, 0.2) is 24.3 Å². The summed E-state index contributed by atoms with van der Waals surface area (Å²) in [6.45, 7) is 3.02. The third-order valence-corrected chi connectivity index (χ3v) is 3.71. The molecular weight excluding hydrogens is 274 g/mol. The van der Waals surface area contributed by atoms with Crippen LogP contribution >= 0.6 is 12.4 Å². The monoisotopic (exact) mass is 299 g/mol. The normalized spacial score (nSPS) is 17.3. The predicted octanol–water partition coefficient (Wildman–Crippen LogP) is 3.08. The van der Waals surface area contributed by atoms with Gasteiger partial charge in [-0.1, -0.05) is 37.0 Å². The molecule has 20 heavy (non-hydrogen) atoms. The second-order valence-corrected chi connectivity index (χ2v) is 5.52. The molecule has 0 radical (unpaired) electrons. The molecule has 1 aromatic carbocycles. The molecule has 1 aliphatic rings. The number of halogens is 1. The number of ether oxygens (including phenoxy) is 1. The summed E-state index contributed by atoms with van der Waals surface area (Å²) in [6, 6.07) is 8.50. The number of rotatable bonds is 6. The summed E-state index contributed by atoms with van der Waals surface area (Å²) in [5.74, 6) is 0.822. The van der Waals surface area contributed by atoms with E-state index in [1.807, 2.05) is 31.2 Å². The second kappa shape index (κ2) is 9.22. The molecule has 1 unspecified atom stereocenters. The van der Waals surface area contributed by atoms with Crippen molar-refractivity contribution in [2.45, 2.75) is 51.2 Å². The van der Waals surface area contributed by atoms with Crippen molar-refractivity contribution in [2.24, 2.45) is 0 Å². The van der Waals surface area contributed by atoms with Gasteiger partial charge in [-0.15, -0.1) is 12.4 Å². The van der Waals surface area contributed by atoms with E-state index in [1.165, 1.54) is 37.7 Å². The highest BCUT2D eigenvalue weighted by Crippen LogP contribution is 2.17. The highest BCUT2D eigenvalue weighted by atomic mass is 35.5. The minimum Gasteiger partial charge on any atom is -0.491 e. The smallest absolute Gasteiger partial charge is 0.119 e. The largest absolute Gasteiger partial charge is 0.491 e. The molecule has 2 N–H and O–H groups in total. The molecule has 1 atom stereocenters. The van der Waals surface area contributed by atoms with Crippen molar-refractivity contribution in [1.82, 2.24) is 5.32 Å². The van der Waals surface area contributed by atoms with Crippen LogP contribution in [0.3, 0.4) is 0 Å². The highest BCUT2D eigenvalue weighted by molar-refractivity contribution is 5.85. The SMILES string of the molecule is Cc1ccc(OCC(O)CNC2CCCCC2)cc1.Cl. The maximum atomic E-state index is 9.91. The van der Waals surface area contributed by atoms with Gasteiger partial charge in [0.1, 0.15) is 18.5 Å². The first kappa shape index (κ1) is 17.3. The van der Waals surface area contributed by atoms with Crippen molar-refractivity contribution in [3.63, 3.8) is 0 Å². The maximum Gasteiger partial charge on any atom is 0.119 e. The van der Waals surface area contributed by atoms with E-state index in [9.17, 15) is 5.11 Å². The third kappa shape index (κ3) is 6.12. The van der Waals surface area contributed by atoms with Crippen molar-refractivity contribution >= 4 is 12.4 Å². The average molecular weight is 300 g/mol. The zero-order valence-electron chi connectivity index (χ0n) is 12.2. The van der Waals surface area contributed by atoms with Crippen LogP contribution in [0.1, 0.15) is 37.7 Å². The van der Waals surface area contributed by atoms with Gasteiger partial charge < -0.3 is 15.2 Å². The number of hydrogen-bond donors (Lipinski definition) is 2. The Labute approximate surface area is 128 Å². The van der Waals surface area contributed by atoms with Crippen molar-refractivity contribution in [3.05, 3.63) is 29.8 Å². The molecule has 0 saturated heterocycles. The summed E-state index contributed by atoms with van der Waals surface area (Å²) in [5, 5.41) is 13.3. The van der Waals surface area contributed by atoms with Crippen LogP contribution in [0, 0.1) is 6.92 Å². The van der Waals surface area contributed by atoms with Crippen molar-refractivity contribution < 1.29 is 9.84 Å². The average Bonchev–Trinajstić information content (AvgIpc) is 2.45. The Morgan fingerprint density at radius 3 is 2.50 bits per heavy atom. The molecule has 4 heteroatoms. The lowest BCUT2D eigenvalue weighted by molar-refractivity contribution is 0.102. The summed E-state index contributed by atoms with van der Waals surface area (Å²) in [4.78, 5) is 0. The number of aliphatic hydroxyl groups excluding tert-OH is 1. The fourth-order valence-electron chi connectivity index (χ4n) is 2.50. The minimum absolute atomic E-state index is 0. The first-order valence-electron chi connectivity index (χ1n) is 7.35. The van der Waals surface area contributed by atoms with E-state index in [0.29, 0.717) is 19.2 Å². The molecular formula is C16H26ClNO2. The molecule has 1 aromatic rings. The third-order valence-electron chi connectivity index (χ3n) is 3.71. The fraction of sp³-hybridized carbons (Fsp3) is 0.625. The number of benzene rings is 1. The molecule has 0 spiro atoms. The number of aliphatic hydroxyl groups is 1. The second-order valence-electron chi connectivity index (χ2n) is 5.52. The molecule has 0 heterocycles. The van der Waals surface area contributed by atoms with Gasteiger partial charge in [0.05, 0.1) is 0 Å². The van der Waals surface area contributed by atoms with Gasteiger partial charge in [-0.3, -0.25) is 0 Å². The number of nitrogens with one attached hydrogen (secondary N) is 1. The Bertz CT molecular complexity index is 363. The van der Waals surface area contributed by atoms with Crippen molar-refractivity contribution in [1.29, 1.82) is 0 Å². The van der Waals surface area contributed by atoms with Crippen LogP contribution in [0.5, 0.6) is 5.75 Å². The summed E-state index contributed by atoms with van der Waals surface area (Å²) in [5.41, 5.74) is 1.21. The Morgan fingerprint density at radius 1 is 1.20 bits per heavy atom. The summed E-state index contributed by atoms with van der Waals surface area (Å²) < 4.78 is 5.57. The Morgan fingerprint density at radius 2 is 1.85 bits per heavy atom. The Hall–Kier alpha value is -0.770. The van der Waals surface area contributed by atoms with Crippen LogP contribution in [0.4, 0.5) is 0 Å². The van der Waals surface area contributed by atoms with E-state index in [1.54, 1.807) is 0 Å². The van der Waals surface area contributed by atoms with Gasteiger partial charge in [-0.05, 0) is 31.9 Å². The molecule has 114 valence electrons. The first-order chi connectivity index (χ1) is 9.24. The number of hydrogen-bond acceptors (Lipinski definition) is 3. The van der Waals surface area contributed by atoms with E-state index >= 15 is 0 Å². The molecule has 0 aliphatic heterocycles. The van der Waals surface area contributed by atoms with Gasteiger partial charge in [-0.25, -0.2) is 0 Å². The van der Waals surface area contributed by atoms with E-state index in [2.05, 4.69) is 5.32 Å². The molecule has 3 nitrogen and oxygen atoms in total. The van der Waals surface area contributed by atoms with Gasteiger partial charge in [0, 0.05) is 12.6 Å². The first-order valence-corrected chi connectivity index (χ1v) is 7.35. The predicted molar refractivity (Wildman–Crippen MR) is 84.8 cm³/mol. The maximum absolute atomic E-state index is 9.91. The van der Waals surface area contributed by atoms with Gasteiger partial charge in [0.25, 0.3) is 0 Å². The van der Waals surface area contributed by atoms with Crippen molar-refractivity contribution in [2.75, 3.05) is 13.2 Å². The van der Waals surface area contributed by atoms with Gasteiger partial charge in [-0.2, -0.15) is 0 Å². The van der Waals surface area contributed by atoms with Crippen molar-refractivity contribution in [3.8, 4) is 5.75 Å². The molecule has 2 rings (SSSR count). The van der Waals surface area contributed by atoms with Crippen LogP contribution in [0.2, 0.25) is 0 Å².